The summed E-state index contributed by atoms with van der Waals surface area (Å²) in [5.41, 5.74) is 2.28. The van der Waals surface area contributed by atoms with E-state index in [1.807, 2.05) is 6.92 Å². The van der Waals surface area contributed by atoms with Crippen molar-refractivity contribution in [3.8, 4) is 0 Å². The predicted octanol–water partition coefficient (Wildman–Crippen LogP) is 0.323. The lowest BCUT2D eigenvalue weighted by atomic mass is 10.1. The number of aryl methyl sites for hydroxylation is 2. The number of rotatable bonds is 5. The van der Waals surface area contributed by atoms with Crippen LogP contribution in [0.5, 0.6) is 0 Å². The second-order valence-corrected chi connectivity index (χ2v) is 4.24. The van der Waals surface area contributed by atoms with Crippen molar-refractivity contribution in [3.63, 3.8) is 0 Å². The highest BCUT2D eigenvalue weighted by Gasteiger charge is 2.28. The van der Waals surface area contributed by atoms with Crippen LogP contribution in [0, 0.1) is 13.8 Å². The van der Waals surface area contributed by atoms with Gasteiger partial charge in [-0.1, -0.05) is 0 Å². The molecular formula is C11H17F2N3O2. The van der Waals surface area contributed by atoms with E-state index in [0.717, 1.165) is 11.3 Å². The van der Waals surface area contributed by atoms with Crippen LogP contribution in [-0.2, 0) is 18.3 Å². The number of nitrogens with zero attached hydrogens (tertiary/aromatic N) is 2. The summed E-state index contributed by atoms with van der Waals surface area (Å²) in [6, 6.07) is 0. The monoisotopic (exact) mass is 261 g/mol. The van der Waals surface area contributed by atoms with Gasteiger partial charge in [0.25, 0.3) is 5.92 Å². The average molecular weight is 261 g/mol. The Bertz CT molecular complexity index is 444. The van der Waals surface area contributed by atoms with E-state index in [0.29, 0.717) is 5.69 Å². The Kier molecular flexibility index (Phi) is 4.39. The molecule has 0 fully saturated rings. The molecule has 0 aliphatic heterocycles. The summed E-state index contributed by atoms with van der Waals surface area (Å²) in [5, 5.41) is 14.6. The van der Waals surface area contributed by atoms with Crippen LogP contribution in [0.15, 0.2) is 0 Å². The molecule has 7 heteroatoms. The number of carbonyl (C=O) groups excluding carboxylic acids is 1. The predicted molar refractivity (Wildman–Crippen MR) is 61.4 cm³/mol. The zero-order chi connectivity index (χ0) is 13.9. The summed E-state index contributed by atoms with van der Waals surface area (Å²) in [7, 11) is 1.75. The molecule has 0 radical (unpaired) electrons. The number of aromatic nitrogens is 2. The fourth-order valence-electron chi connectivity index (χ4n) is 1.58. The zero-order valence-corrected chi connectivity index (χ0v) is 10.6. The van der Waals surface area contributed by atoms with Crippen molar-refractivity contribution in [1.82, 2.24) is 15.1 Å². The Morgan fingerprint density at radius 3 is 2.56 bits per heavy atom. The van der Waals surface area contributed by atoms with Gasteiger partial charge in [0, 0.05) is 18.3 Å². The van der Waals surface area contributed by atoms with Crippen molar-refractivity contribution in [2.24, 2.45) is 7.05 Å². The molecule has 1 aromatic heterocycles. The van der Waals surface area contributed by atoms with Gasteiger partial charge in [-0.3, -0.25) is 9.48 Å². The van der Waals surface area contributed by atoms with Gasteiger partial charge in [0.1, 0.15) is 6.61 Å². The van der Waals surface area contributed by atoms with Crippen molar-refractivity contribution in [1.29, 1.82) is 0 Å². The average Bonchev–Trinajstić information content (AvgIpc) is 2.54. The molecule has 0 bridgehead atoms. The van der Waals surface area contributed by atoms with E-state index < -0.39 is 25.0 Å². The van der Waals surface area contributed by atoms with E-state index in [1.165, 1.54) is 0 Å². The number of carbonyl (C=O) groups is 1. The molecule has 0 spiro atoms. The third kappa shape index (κ3) is 3.49. The standard InChI is InChI=1S/C11H17F2N3O2/c1-7-9(8(2)16(3)15-7)4-10(18)14-5-11(12,13)6-17/h17H,4-6H2,1-3H3,(H,14,18). The van der Waals surface area contributed by atoms with Gasteiger partial charge in [-0.15, -0.1) is 0 Å². The number of halogens is 2. The SMILES string of the molecule is Cc1nn(C)c(C)c1CC(=O)NCC(F)(F)CO. The van der Waals surface area contributed by atoms with Gasteiger partial charge in [-0.05, 0) is 13.8 Å². The lowest BCUT2D eigenvalue weighted by molar-refractivity contribution is -0.123. The molecule has 0 aliphatic carbocycles. The molecule has 0 aromatic carbocycles. The lowest BCUT2D eigenvalue weighted by Gasteiger charge is -2.13. The Morgan fingerprint density at radius 2 is 2.11 bits per heavy atom. The summed E-state index contributed by atoms with van der Waals surface area (Å²) in [4.78, 5) is 11.5. The summed E-state index contributed by atoms with van der Waals surface area (Å²) in [6.07, 6.45) is 0.00696. The molecule has 5 nitrogen and oxygen atoms in total. The maximum Gasteiger partial charge on any atom is 0.287 e. The lowest BCUT2D eigenvalue weighted by Crippen LogP contribution is -2.39. The Balaban J connectivity index is 2.60. The van der Waals surface area contributed by atoms with E-state index in [-0.39, 0.29) is 6.42 Å². The number of aliphatic hydroxyl groups is 1. The van der Waals surface area contributed by atoms with Crippen molar-refractivity contribution in [2.75, 3.05) is 13.2 Å². The molecular weight excluding hydrogens is 244 g/mol. The minimum absolute atomic E-state index is 0.00696. The summed E-state index contributed by atoms with van der Waals surface area (Å²) in [5.74, 6) is -3.79. The van der Waals surface area contributed by atoms with Crippen LogP contribution in [-0.4, -0.2) is 39.9 Å². The van der Waals surface area contributed by atoms with Crippen LogP contribution in [0.25, 0.3) is 0 Å². The van der Waals surface area contributed by atoms with Gasteiger partial charge in [-0.2, -0.15) is 5.10 Å². The van der Waals surface area contributed by atoms with Gasteiger partial charge in [0.05, 0.1) is 18.7 Å². The van der Waals surface area contributed by atoms with Gasteiger partial charge < -0.3 is 10.4 Å². The summed E-state index contributed by atoms with van der Waals surface area (Å²) < 4.78 is 27.1. The molecule has 0 aliphatic rings. The third-order valence-electron chi connectivity index (χ3n) is 2.77. The second-order valence-electron chi connectivity index (χ2n) is 4.24. The molecule has 0 atom stereocenters. The van der Waals surface area contributed by atoms with Crippen LogP contribution < -0.4 is 5.32 Å². The van der Waals surface area contributed by atoms with Crippen LogP contribution >= 0.6 is 0 Å². The van der Waals surface area contributed by atoms with Gasteiger partial charge in [0.15, 0.2) is 0 Å². The molecule has 0 unspecified atom stereocenters. The first-order chi connectivity index (χ1) is 8.26. The molecule has 1 aromatic rings. The maximum atomic E-state index is 12.7. The van der Waals surface area contributed by atoms with Crippen molar-refractivity contribution >= 4 is 5.91 Å². The highest BCUT2D eigenvalue weighted by Crippen LogP contribution is 2.13. The van der Waals surface area contributed by atoms with E-state index in [9.17, 15) is 13.6 Å². The molecule has 0 saturated heterocycles. The number of hydrogen-bond acceptors (Lipinski definition) is 3. The molecule has 1 heterocycles. The van der Waals surface area contributed by atoms with Crippen LogP contribution in [0.1, 0.15) is 17.0 Å². The van der Waals surface area contributed by atoms with Gasteiger partial charge in [-0.25, -0.2) is 8.78 Å². The number of aliphatic hydroxyl groups excluding tert-OH is 1. The molecule has 0 saturated carbocycles. The Hall–Kier alpha value is -1.50. The van der Waals surface area contributed by atoms with E-state index in [2.05, 4.69) is 10.4 Å². The first-order valence-corrected chi connectivity index (χ1v) is 5.51. The molecule has 1 amide bonds. The van der Waals surface area contributed by atoms with E-state index in [4.69, 9.17) is 5.11 Å². The fraction of sp³-hybridized carbons (Fsp3) is 0.636. The van der Waals surface area contributed by atoms with Crippen molar-refractivity contribution < 1.29 is 18.7 Å². The third-order valence-corrected chi connectivity index (χ3v) is 2.77. The minimum Gasteiger partial charge on any atom is -0.390 e. The van der Waals surface area contributed by atoms with E-state index >= 15 is 0 Å². The zero-order valence-electron chi connectivity index (χ0n) is 10.6. The van der Waals surface area contributed by atoms with Crippen molar-refractivity contribution in [2.45, 2.75) is 26.2 Å². The van der Waals surface area contributed by atoms with Gasteiger partial charge >= 0.3 is 0 Å². The van der Waals surface area contributed by atoms with Gasteiger partial charge in [0.2, 0.25) is 5.91 Å². The van der Waals surface area contributed by atoms with Crippen LogP contribution in [0.4, 0.5) is 8.78 Å². The molecule has 18 heavy (non-hydrogen) atoms. The molecule has 102 valence electrons. The highest BCUT2D eigenvalue weighted by molar-refractivity contribution is 5.79. The number of amides is 1. The number of nitrogens with one attached hydrogen (secondary N) is 1. The minimum atomic E-state index is -3.28. The Morgan fingerprint density at radius 1 is 1.50 bits per heavy atom. The first kappa shape index (κ1) is 14.6. The van der Waals surface area contributed by atoms with Crippen LogP contribution in [0.2, 0.25) is 0 Å². The largest absolute Gasteiger partial charge is 0.390 e. The smallest absolute Gasteiger partial charge is 0.287 e. The first-order valence-electron chi connectivity index (χ1n) is 5.51. The number of hydrogen-bond donors (Lipinski definition) is 2. The van der Waals surface area contributed by atoms with Crippen molar-refractivity contribution in [3.05, 3.63) is 17.0 Å². The number of alkyl halides is 2. The summed E-state index contributed by atoms with van der Waals surface area (Å²) >= 11 is 0. The maximum absolute atomic E-state index is 12.7. The second kappa shape index (κ2) is 5.43. The molecule has 1 rings (SSSR count). The Labute approximate surface area is 104 Å². The fourth-order valence-corrected chi connectivity index (χ4v) is 1.58. The normalized spacial score (nSPS) is 11.7. The topological polar surface area (TPSA) is 67.2 Å². The van der Waals surface area contributed by atoms with Crippen LogP contribution in [0.3, 0.4) is 0 Å². The highest BCUT2D eigenvalue weighted by atomic mass is 19.3. The summed E-state index contributed by atoms with van der Waals surface area (Å²) in [6.45, 7) is 1.43. The quantitative estimate of drug-likeness (QED) is 0.802. The van der Waals surface area contributed by atoms with E-state index in [1.54, 1.807) is 18.7 Å². The molecule has 2 N–H and O–H groups in total.